The van der Waals surface area contributed by atoms with Crippen LogP contribution in [0.25, 0.3) is 0 Å². The lowest BCUT2D eigenvalue weighted by atomic mass is 10.3. The molecule has 5 nitrogen and oxygen atoms in total. The first-order valence-electron chi connectivity index (χ1n) is 4.52. The Morgan fingerprint density at radius 2 is 1.75 bits per heavy atom. The highest BCUT2D eigenvalue weighted by molar-refractivity contribution is 15.0. The number of rotatable bonds is 6. The van der Waals surface area contributed by atoms with Crippen molar-refractivity contribution in [3.8, 4) is 0 Å². The van der Waals surface area contributed by atoms with Gasteiger partial charge in [0, 0.05) is 56.3 Å². The van der Waals surface area contributed by atoms with Gasteiger partial charge in [-0.1, -0.05) is 0 Å². The third-order valence-corrected chi connectivity index (χ3v) is 2.60. The number of quaternary nitrogens is 1. The van der Waals surface area contributed by atoms with Crippen LogP contribution in [0, 0.1) is 0 Å². The number of ketones is 1. The number of carbonyl (C=O) groups is 1. The highest BCUT2D eigenvalue weighted by atomic mass is 128. The number of halogens is 2. The topological polar surface area (TPSA) is 74.3 Å². The Morgan fingerprint density at radius 1 is 1.31 bits per heavy atom. The largest absolute Gasteiger partial charge is 0.748 e. The molecule has 0 aromatic rings. The van der Waals surface area contributed by atoms with Crippen molar-refractivity contribution in [2.75, 3.05) is 32.9 Å². The molecule has 0 N–H and O–H groups in total. The summed E-state index contributed by atoms with van der Waals surface area (Å²) < 4.78 is 31.4. The van der Waals surface area contributed by atoms with Crippen molar-refractivity contribution in [1.29, 1.82) is 0 Å². The van der Waals surface area contributed by atoms with E-state index in [2.05, 4.69) is 37.2 Å². The van der Waals surface area contributed by atoms with Crippen molar-refractivity contribution in [1.82, 2.24) is 0 Å². The number of likely N-dealkylation sites (N-methyl/N-ethyl adjacent to an activating group) is 1. The Labute approximate surface area is 121 Å². The fraction of sp³-hybridized carbons (Fsp3) is 0.875. The molecule has 0 bridgehead atoms. The minimum absolute atomic E-state index is 0.0555. The van der Waals surface area contributed by atoms with E-state index < -0.39 is 10.1 Å². The summed E-state index contributed by atoms with van der Waals surface area (Å²) in [4.78, 5) is 10.8. The first-order chi connectivity index (χ1) is 7.12. The molecule has 16 heavy (non-hydrogen) atoms. The Balaban J connectivity index is 0. The summed E-state index contributed by atoms with van der Waals surface area (Å²) >= 11 is 4.24. The van der Waals surface area contributed by atoms with E-state index in [9.17, 15) is 17.8 Å². The standard InChI is InChI=1S/C8H17NO4S.I2/c1-8(10)7-9(2,3)5-4-6-14(11,12)13;1-2/h4-7H2,1-3H3;. The van der Waals surface area contributed by atoms with E-state index in [1.165, 1.54) is 6.92 Å². The fourth-order valence-electron chi connectivity index (χ4n) is 1.35. The SMILES string of the molecule is CC(=O)C[N+](C)(C)CCCS(=O)(=O)[O-].II. The summed E-state index contributed by atoms with van der Waals surface area (Å²) in [5.41, 5.74) is 0. The Bertz CT molecular complexity index is 303. The molecule has 0 amide bonds. The zero-order chi connectivity index (χ0) is 13.4. The van der Waals surface area contributed by atoms with E-state index in [0.29, 0.717) is 24.0 Å². The monoisotopic (exact) mass is 477 g/mol. The van der Waals surface area contributed by atoms with Gasteiger partial charge in [-0.25, -0.2) is 8.42 Å². The molecule has 0 aliphatic heterocycles. The molecule has 0 radical (unpaired) electrons. The van der Waals surface area contributed by atoms with Crippen LogP contribution in [0.5, 0.6) is 0 Å². The van der Waals surface area contributed by atoms with Crippen LogP contribution in [-0.4, -0.2) is 56.2 Å². The van der Waals surface area contributed by atoms with E-state index in [1.807, 2.05) is 14.1 Å². The smallest absolute Gasteiger partial charge is 0.183 e. The molecule has 8 heteroatoms. The third-order valence-electron chi connectivity index (χ3n) is 1.81. The average molecular weight is 477 g/mol. The number of hydrogen-bond donors (Lipinski definition) is 0. The Kier molecular flexibility index (Phi) is 10.9. The molecule has 0 heterocycles. The van der Waals surface area contributed by atoms with Gasteiger partial charge in [-0.2, -0.15) is 0 Å². The van der Waals surface area contributed by atoms with Crippen LogP contribution in [0.3, 0.4) is 0 Å². The summed E-state index contributed by atoms with van der Waals surface area (Å²) in [6.45, 7) is 2.37. The summed E-state index contributed by atoms with van der Waals surface area (Å²) in [5, 5.41) is 0. The molecule has 0 aromatic carbocycles. The molecular weight excluding hydrogens is 460 g/mol. The number of Topliss-reactive ketones (excluding diaryl/α,β-unsaturated/α-hetero) is 1. The van der Waals surface area contributed by atoms with Gasteiger partial charge in [-0.15, -0.1) is 0 Å². The van der Waals surface area contributed by atoms with Gasteiger partial charge < -0.3 is 9.04 Å². The highest BCUT2D eigenvalue weighted by Crippen LogP contribution is 2.00. The second-order valence-corrected chi connectivity index (χ2v) is 5.66. The first kappa shape index (κ1) is 19.3. The predicted octanol–water partition coefficient (Wildman–Crippen LogP) is 1.36. The predicted molar refractivity (Wildman–Crippen MR) is 79.7 cm³/mol. The van der Waals surface area contributed by atoms with E-state index in [0.717, 1.165) is 0 Å². The summed E-state index contributed by atoms with van der Waals surface area (Å²) in [6, 6.07) is 0. The van der Waals surface area contributed by atoms with Gasteiger partial charge in [-0.3, -0.25) is 4.79 Å². The fourth-order valence-corrected chi connectivity index (χ4v) is 1.83. The Hall–Kier alpha value is 1.00. The molecule has 0 saturated heterocycles. The van der Waals surface area contributed by atoms with Gasteiger partial charge in [-0.05, 0) is 0 Å². The quantitative estimate of drug-likeness (QED) is 0.329. The maximum atomic E-state index is 10.8. The second kappa shape index (κ2) is 9.00. The van der Waals surface area contributed by atoms with Gasteiger partial charge in [0.05, 0.1) is 30.8 Å². The van der Waals surface area contributed by atoms with Crippen LogP contribution in [0.1, 0.15) is 13.3 Å². The van der Waals surface area contributed by atoms with E-state index in [4.69, 9.17) is 0 Å². The number of carbonyl (C=O) groups excluding carboxylic acids is 1. The lowest BCUT2D eigenvalue weighted by Gasteiger charge is -2.28. The lowest BCUT2D eigenvalue weighted by molar-refractivity contribution is -0.882. The van der Waals surface area contributed by atoms with Gasteiger partial charge in [0.1, 0.15) is 6.54 Å². The van der Waals surface area contributed by atoms with Crippen molar-refractivity contribution in [3.63, 3.8) is 0 Å². The van der Waals surface area contributed by atoms with Crippen LogP contribution in [-0.2, 0) is 14.9 Å². The Morgan fingerprint density at radius 3 is 2.06 bits per heavy atom. The maximum absolute atomic E-state index is 10.8. The first-order valence-corrected chi connectivity index (χ1v) is 12.4. The van der Waals surface area contributed by atoms with Crippen LogP contribution in [0.4, 0.5) is 0 Å². The summed E-state index contributed by atoms with van der Waals surface area (Å²) in [6.07, 6.45) is 0.298. The highest BCUT2D eigenvalue weighted by Gasteiger charge is 2.17. The molecule has 0 aliphatic rings. The molecule has 0 spiro atoms. The molecule has 0 rings (SSSR count). The van der Waals surface area contributed by atoms with Crippen LogP contribution >= 0.6 is 37.2 Å². The van der Waals surface area contributed by atoms with Crippen molar-refractivity contribution in [2.45, 2.75) is 13.3 Å². The van der Waals surface area contributed by atoms with Crippen LogP contribution in [0.15, 0.2) is 0 Å². The van der Waals surface area contributed by atoms with E-state index in [-0.39, 0.29) is 11.5 Å². The minimum Gasteiger partial charge on any atom is -0.748 e. The molecular formula is C8H17I2NO4S. The molecule has 0 fully saturated rings. The molecule has 98 valence electrons. The second-order valence-electron chi connectivity index (χ2n) is 4.13. The normalized spacial score (nSPS) is 11.6. The molecule has 0 aliphatic carbocycles. The van der Waals surface area contributed by atoms with Crippen LogP contribution < -0.4 is 0 Å². The van der Waals surface area contributed by atoms with Crippen molar-refractivity contribution < 1.29 is 22.2 Å². The van der Waals surface area contributed by atoms with E-state index >= 15 is 0 Å². The number of hydrogen-bond acceptors (Lipinski definition) is 4. The maximum Gasteiger partial charge on any atom is 0.183 e. The van der Waals surface area contributed by atoms with Crippen molar-refractivity contribution >= 4 is 53.1 Å². The van der Waals surface area contributed by atoms with E-state index in [1.54, 1.807) is 0 Å². The zero-order valence-corrected chi connectivity index (χ0v) is 14.7. The van der Waals surface area contributed by atoms with Crippen molar-refractivity contribution in [2.24, 2.45) is 0 Å². The summed E-state index contributed by atoms with van der Waals surface area (Å²) in [5.74, 6) is -0.299. The molecule has 0 aromatic heterocycles. The lowest BCUT2D eigenvalue weighted by Crippen LogP contribution is -2.44. The molecule has 0 saturated carbocycles. The van der Waals surface area contributed by atoms with Crippen LogP contribution in [0.2, 0.25) is 0 Å². The van der Waals surface area contributed by atoms with Crippen molar-refractivity contribution in [3.05, 3.63) is 0 Å². The third kappa shape index (κ3) is 15.0. The molecule has 0 unspecified atom stereocenters. The average Bonchev–Trinajstić information content (AvgIpc) is 2.02. The van der Waals surface area contributed by atoms with Gasteiger partial charge in [0.2, 0.25) is 0 Å². The number of nitrogens with zero attached hydrogens (tertiary/aromatic N) is 1. The minimum atomic E-state index is -4.12. The van der Waals surface area contributed by atoms with Gasteiger partial charge in [0.25, 0.3) is 0 Å². The van der Waals surface area contributed by atoms with Gasteiger partial charge >= 0.3 is 0 Å². The zero-order valence-electron chi connectivity index (χ0n) is 9.57. The van der Waals surface area contributed by atoms with Gasteiger partial charge in [0.15, 0.2) is 5.78 Å². The molecule has 0 atom stereocenters. The summed E-state index contributed by atoms with van der Waals surface area (Å²) in [7, 11) is -0.456.